The van der Waals surface area contributed by atoms with Crippen molar-refractivity contribution in [2.24, 2.45) is 5.92 Å². The average Bonchev–Trinajstić information content (AvgIpc) is 3.02. The number of carbonyl (C=O) groups excluding carboxylic acids is 1. The Bertz CT molecular complexity index is 388. The first kappa shape index (κ1) is 9.96. The zero-order valence-electron chi connectivity index (χ0n) is 8.29. The second kappa shape index (κ2) is 3.88. The van der Waals surface area contributed by atoms with Crippen molar-refractivity contribution in [3.63, 3.8) is 0 Å². The fraction of sp³-hybridized carbons (Fsp3) is 0.364. The minimum atomic E-state index is -0.492. The molecule has 0 spiro atoms. The smallest absolute Gasteiger partial charge is 0.251 e. The zero-order valence-corrected chi connectivity index (χ0v) is 8.29. The second-order valence-corrected chi connectivity index (χ2v) is 3.89. The molecule has 3 N–H and O–H groups in total. The lowest BCUT2D eigenvalue weighted by atomic mass is 10.2. The third-order valence-electron chi connectivity index (χ3n) is 2.51. The van der Waals surface area contributed by atoms with Gasteiger partial charge in [-0.25, -0.2) is 4.39 Å². The van der Waals surface area contributed by atoms with Crippen molar-refractivity contribution < 1.29 is 9.18 Å². The summed E-state index contributed by atoms with van der Waals surface area (Å²) in [6.45, 7) is 0.704. The van der Waals surface area contributed by atoms with E-state index in [0.29, 0.717) is 18.0 Å². The largest absolute Gasteiger partial charge is 0.396 e. The molecule has 1 aromatic rings. The second-order valence-electron chi connectivity index (χ2n) is 3.89. The van der Waals surface area contributed by atoms with Gasteiger partial charge in [0, 0.05) is 12.1 Å². The predicted octanol–water partition coefficient (Wildman–Crippen LogP) is 1.55. The van der Waals surface area contributed by atoms with Gasteiger partial charge in [-0.15, -0.1) is 0 Å². The molecule has 1 aliphatic rings. The third kappa shape index (κ3) is 2.46. The number of carbonyl (C=O) groups is 1. The highest BCUT2D eigenvalue weighted by Crippen LogP contribution is 2.27. The van der Waals surface area contributed by atoms with Gasteiger partial charge >= 0.3 is 0 Å². The van der Waals surface area contributed by atoms with E-state index in [1.165, 1.54) is 31.0 Å². The van der Waals surface area contributed by atoms with Crippen LogP contribution in [0.25, 0.3) is 0 Å². The van der Waals surface area contributed by atoms with Crippen molar-refractivity contribution in [3.8, 4) is 0 Å². The fourth-order valence-electron chi connectivity index (χ4n) is 1.35. The normalized spacial score (nSPS) is 15.0. The Labute approximate surface area is 87.5 Å². The summed E-state index contributed by atoms with van der Waals surface area (Å²) >= 11 is 0. The van der Waals surface area contributed by atoms with Crippen LogP contribution in [0.4, 0.5) is 10.1 Å². The monoisotopic (exact) mass is 208 g/mol. The van der Waals surface area contributed by atoms with E-state index in [-0.39, 0.29) is 11.6 Å². The average molecular weight is 208 g/mol. The first-order chi connectivity index (χ1) is 7.16. The van der Waals surface area contributed by atoms with Gasteiger partial charge in [-0.3, -0.25) is 4.79 Å². The molecule has 80 valence electrons. The summed E-state index contributed by atoms with van der Waals surface area (Å²) in [4.78, 5) is 11.6. The summed E-state index contributed by atoms with van der Waals surface area (Å²) < 4.78 is 12.8. The molecule has 0 unspecified atom stereocenters. The van der Waals surface area contributed by atoms with Gasteiger partial charge in [-0.2, -0.15) is 0 Å². The van der Waals surface area contributed by atoms with Crippen LogP contribution < -0.4 is 11.1 Å². The van der Waals surface area contributed by atoms with Crippen LogP contribution in [-0.4, -0.2) is 12.5 Å². The molecule has 3 nitrogen and oxygen atoms in total. The van der Waals surface area contributed by atoms with Crippen molar-refractivity contribution in [1.82, 2.24) is 5.32 Å². The molecule has 0 saturated heterocycles. The summed E-state index contributed by atoms with van der Waals surface area (Å²) in [5.41, 5.74) is 5.79. The van der Waals surface area contributed by atoms with E-state index in [2.05, 4.69) is 5.32 Å². The Morgan fingerprint density at radius 2 is 2.27 bits per heavy atom. The summed E-state index contributed by atoms with van der Waals surface area (Å²) in [5.74, 6) is -0.0471. The predicted molar refractivity (Wildman–Crippen MR) is 55.9 cm³/mol. The number of halogens is 1. The Hall–Kier alpha value is -1.58. The molecule has 4 heteroatoms. The van der Waals surface area contributed by atoms with E-state index in [0.717, 1.165) is 0 Å². The zero-order chi connectivity index (χ0) is 10.8. The van der Waals surface area contributed by atoms with Crippen LogP contribution in [0.1, 0.15) is 23.2 Å². The summed E-state index contributed by atoms with van der Waals surface area (Å²) in [6.07, 6.45) is 2.37. The third-order valence-corrected chi connectivity index (χ3v) is 2.51. The number of nitrogens with two attached hydrogens (primary N) is 1. The molecule has 1 fully saturated rings. The SMILES string of the molecule is Nc1cc(C(=O)NCC2CC2)ccc1F. The molecule has 1 amide bonds. The number of nitrogens with one attached hydrogen (secondary N) is 1. The number of benzene rings is 1. The van der Waals surface area contributed by atoms with E-state index in [1.807, 2.05) is 0 Å². The number of rotatable bonds is 3. The van der Waals surface area contributed by atoms with Crippen LogP contribution in [0.3, 0.4) is 0 Å². The molecule has 1 aliphatic carbocycles. The van der Waals surface area contributed by atoms with Gasteiger partial charge in [-0.1, -0.05) is 0 Å². The van der Waals surface area contributed by atoms with E-state index < -0.39 is 5.82 Å². The Morgan fingerprint density at radius 1 is 1.53 bits per heavy atom. The molecule has 0 heterocycles. The van der Waals surface area contributed by atoms with E-state index in [9.17, 15) is 9.18 Å². The molecule has 15 heavy (non-hydrogen) atoms. The first-order valence-electron chi connectivity index (χ1n) is 5.00. The highest BCUT2D eigenvalue weighted by atomic mass is 19.1. The number of hydrogen-bond donors (Lipinski definition) is 2. The van der Waals surface area contributed by atoms with E-state index in [4.69, 9.17) is 5.73 Å². The van der Waals surface area contributed by atoms with Crippen LogP contribution in [-0.2, 0) is 0 Å². The molecule has 1 aromatic carbocycles. The standard InChI is InChI=1S/C11H13FN2O/c12-9-4-3-8(5-10(9)13)11(15)14-6-7-1-2-7/h3-5,7H,1-2,6,13H2,(H,14,15). The van der Waals surface area contributed by atoms with Crippen molar-refractivity contribution in [3.05, 3.63) is 29.6 Å². The summed E-state index contributed by atoms with van der Waals surface area (Å²) in [5, 5.41) is 2.79. The van der Waals surface area contributed by atoms with Gasteiger partial charge in [0.05, 0.1) is 5.69 Å². The molecule has 0 atom stereocenters. The van der Waals surface area contributed by atoms with Crippen molar-refractivity contribution >= 4 is 11.6 Å². The van der Waals surface area contributed by atoms with E-state index >= 15 is 0 Å². The minimum Gasteiger partial charge on any atom is -0.396 e. The minimum absolute atomic E-state index is 0.00840. The molecular weight excluding hydrogens is 195 g/mol. The maximum absolute atomic E-state index is 12.8. The molecule has 1 saturated carbocycles. The van der Waals surface area contributed by atoms with Gasteiger partial charge in [0.15, 0.2) is 0 Å². The summed E-state index contributed by atoms with van der Waals surface area (Å²) in [7, 11) is 0. The van der Waals surface area contributed by atoms with Crippen LogP contribution in [0, 0.1) is 11.7 Å². The Morgan fingerprint density at radius 3 is 2.87 bits per heavy atom. The highest BCUT2D eigenvalue weighted by molar-refractivity contribution is 5.95. The highest BCUT2D eigenvalue weighted by Gasteiger charge is 2.21. The van der Waals surface area contributed by atoms with Gasteiger partial charge in [0.25, 0.3) is 5.91 Å². The number of amides is 1. The van der Waals surface area contributed by atoms with Crippen LogP contribution in [0.2, 0.25) is 0 Å². The Kier molecular flexibility index (Phi) is 2.58. The molecule has 0 radical (unpaired) electrons. The fourth-order valence-corrected chi connectivity index (χ4v) is 1.35. The Balaban J connectivity index is 2.00. The van der Waals surface area contributed by atoms with Crippen LogP contribution >= 0.6 is 0 Å². The van der Waals surface area contributed by atoms with Crippen molar-refractivity contribution in [1.29, 1.82) is 0 Å². The van der Waals surface area contributed by atoms with Crippen molar-refractivity contribution in [2.75, 3.05) is 12.3 Å². The number of nitrogen functional groups attached to an aromatic ring is 1. The number of hydrogen-bond acceptors (Lipinski definition) is 2. The lowest BCUT2D eigenvalue weighted by Gasteiger charge is -2.05. The summed E-state index contributed by atoms with van der Waals surface area (Å²) in [6, 6.07) is 4.01. The van der Waals surface area contributed by atoms with Crippen LogP contribution in [0.15, 0.2) is 18.2 Å². The van der Waals surface area contributed by atoms with Gasteiger partial charge < -0.3 is 11.1 Å². The lowest BCUT2D eigenvalue weighted by molar-refractivity contribution is 0.0952. The quantitative estimate of drug-likeness (QED) is 0.740. The molecule has 2 rings (SSSR count). The van der Waals surface area contributed by atoms with Crippen molar-refractivity contribution in [2.45, 2.75) is 12.8 Å². The van der Waals surface area contributed by atoms with Gasteiger partial charge in [0.1, 0.15) is 5.82 Å². The lowest BCUT2D eigenvalue weighted by Crippen LogP contribution is -2.25. The van der Waals surface area contributed by atoms with E-state index in [1.54, 1.807) is 0 Å². The maximum Gasteiger partial charge on any atom is 0.251 e. The molecule has 0 aromatic heterocycles. The maximum atomic E-state index is 12.8. The van der Waals surface area contributed by atoms with Gasteiger partial charge in [-0.05, 0) is 37.0 Å². The first-order valence-corrected chi connectivity index (χ1v) is 5.00. The molecule has 0 bridgehead atoms. The van der Waals surface area contributed by atoms with Gasteiger partial charge in [0.2, 0.25) is 0 Å². The number of anilines is 1. The van der Waals surface area contributed by atoms with Crippen LogP contribution in [0.5, 0.6) is 0 Å². The molecular formula is C11H13FN2O. The topological polar surface area (TPSA) is 55.1 Å². The molecule has 0 aliphatic heterocycles.